The van der Waals surface area contributed by atoms with Crippen LogP contribution >= 0.6 is 0 Å². The fraction of sp³-hybridized carbons (Fsp3) is 0.400. The Labute approximate surface area is 102 Å². The summed E-state index contributed by atoms with van der Waals surface area (Å²) in [6.45, 7) is 0.851. The van der Waals surface area contributed by atoms with Gasteiger partial charge in [-0.05, 0) is 26.1 Å². The minimum atomic E-state index is -0.617. The predicted molar refractivity (Wildman–Crippen MR) is 60.9 cm³/mol. The number of rotatable bonds is 6. The van der Waals surface area contributed by atoms with Gasteiger partial charge in [0.25, 0.3) is 5.89 Å². The molecule has 0 aliphatic rings. The van der Waals surface area contributed by atoms with Crippen LogP contribution in [0.1, 0.15) is 12.3 Å². The zero-order valence-corrected chi connectivity index (χ0v) is 9.75. The van der Waals surface area contributed by atoms with Gasteiger partial charge in [-0.3, -0.25) is 10.1 Å². The average molecular weight is 252 g/mol. The molecule has 1 N–H and O–H groups in total. The molecule has 0 aromatic carbocycles. The quantitative estimate of drug-likeness (QED) is 0.470. The number of nitro groups is 1. The normalized spacial score (nSPS) is 10.7. The molecule has 0 radical (unpaired) electrons. The van der Waals surface area contributed by atoms with Gasteiger partial charge < -0.3 is 14.2 Å². The molecule has 0 aliphatic heterocycles. The highest BCUT2D eigenvalue weighted by Gasteiger charge is 2.17. The predicted octanol–water partition coefficient (Wildman–Crippen LogP) is 1.39. The highest BCUT2D eigenvalue weighted by Crippen LogP contribution is 2.24. The summed E-state index contributed by atoms with van der Waals surface area (Å²) in [4.78, 5) is 9.85. The molecule has 0 aliphatic carbocycles. The van der Waals surface area contributed by atoms with Gasteiger partial charge in [-0.2, -0.15) is 0 Å². The van der Waals surface area contributed by atoms with Crippen LogP contribution in [0.25, 0.3) is 11.7 Å². The fourth-order valence-electron chi connectivity index (χ4n) is 1.41. The largest absolute Gasteiger partial charge is 0.433 e. The maximum Gasteiger partial charge on any atom is 0.433 e. The van der Waals surface area contributed by atoms with Gasteiger partial charge in [-0.25, -0.2) is 0 Å². The lowest BCUT2D eigenvalue weighted by Gasteiger charge is -1.93. The molecule has 0 fully saturated rings. The van der Waals surface area contributed by atoms with Crippen LogP contribution in [0, 0.1) is 10.1 Å². The van der Waals surface area contributed by atoms with E-state index in [1.54, 1.807) is 0 Å². The summed E-state index contributed by atoms with van der Waals surface area (Å²) < 4.78 is 10.3. The van der Waals surface area contributed by atoms with E-state index in [2.05, 4.69) is 15.5 Å². The van der Waals surface area contributed by atoms with Crippen molar-refractivity contribution < 1.29 is 13.8 Å². The monoisotopic (exact) mass is 252 g/mol. The van der Waals surface area contributed by atoms with Crippen molar-refractivity contribution in [2.24, 2.45) is 0 Å². The first-order chi connectivity index (χ1) is 8.70. The minimum absolute atomic E-state index is 0.155. The first kappa shape index (κ1) is 12.2. The molecule has 8 heteroatoms. The third kappa shape index (κ3) is 2.72. The van der Waals surface area contributed by atoms with Crippen LogP contribution in [0.4, 0.5) is 5.88 Å². The van der Waals surface area contributed by atoms with E-state index >= 15 is 0 Å². The number of aromatic nitrogens is 2. The van der Waals surface area contributed by atoms with E-state index in [1.165, 1.54) is 12.1 Å². The van der Waals surface area contributed by atoms with E-state index in [1.807, 2.05) is 7.05 Å². The fourth-order valence-corrected chi connectivity index (χ4v) is 1.41. The second-order valence-corrected chi connectivity index (χ2v) is 3.60. The maximum atomic E-state index is 10.5. The summed E-state index contributed by atoms with van der Waals surface area (Å²) in [5, 5.41) is 21.1. The number of aryl methyl sites for hydroxylation is 1. The molecule has 0 bridgehead atoms. The van der Waals surface area contributed by atoms with Crippen molar-refractivity contribution in [1.82, 2.24) is 15.5 Å². The van der Waals surface area contributed by atoms with Gasteiger partial charge >= 0.3 is 5.88 Å². The zero-order valence-electron chi connectivity index (χ0n) is 9.75. The molecular formula is C10H12N4O4. The van der Waals surface area contributed by atoms with Crippen LogP contribution in [-0.4, -0.2) is 28.7 Å². The molecule has 0 saturated heterocycles. The Bertz CT molecular complexity index is 533. The molecule has 0 amide bonds. The van der Waals surface area contributed by atoms with E-state index in [-0.39, 0.29) is 17.5 Å². The van der Waals surface area contributed by atoms with Crippen LogP contribution in [0.5, 0.6) is 0 Å². The summed E-state index contributed by atoms with van der Waals surface area (Å²) in [5.41, 5.74) is 0. The van der Waals surface area contributed by atoms with E-state index in [0.717, 1.165) is 13.0 Å². The molecule has 96 valence electrons. The molecule has 18 heavy (non-hydrogen) atoms. The summed E-state index contributed by atoms with van der Waals surface area (Å²) in [6, 6.07) is 2.68. The van der Waals surface area contributed by atoms with Gasteiger partial charge in [0.05, 0.1) is 6.07 Å². The third-order valence-corrected chi connectivity index (χ3v) is 2.27. The Hall–Kier alpha value is -2.22. The molecule has 0 saturated carbocycles. The topological polar surface area (TPSA) is 107 Å². The molecule has 0 spiro atoms. The lowest BCUT2D eigenvalue weighted by molar-refractivity contribution is -0.401. The van der Waals surface area contributed by atoms with E-state index < -0.39 is 4.92 Å². The van der Waals surface area contributed by atoms with E-state index in [9.17, 15) is 10.1 Å². The first-order valence-electron chi connectivity index (χ1n) is 5.42. The van der Waals surface area contributed by atoms with Gasteiger partial charge in [-0.15, -0.1) is 10.2 Å². The number of hydrogen-bond donors (Lipinski definition) is 1. The van der Waals surface area contributed by atoms with Crippen LogP contribution < -0.4 is 5.32 Å². The summed E-state index contributed by atoms with van der Waals surface area (Å²) in [5.74, 6) is 0.496. The molecule has 2 aromatic rings. The Balaban J connectivity index is 2.06. The van der Waals surface area contributed by atoms with Crippen molar-refractivity contribution in [3.63, 3.8) is 0 Å². The van der Waals surface area contributed by atoms with E-state index in [4.69, 9.17) is 8.83 Å². The third-order valence-electron chi connectivity index (χ3n) is 2.27. The van der Waals surface area contributed by atoms with Gasteiger partial charge in [0.15, 0.2) is 5.76 Å². The smallest absolute Gasteiger partial charge is 0.418 e. The number of nitrogens with zero attached hydrogens (tertiary/aromatic N) is 3. The number of hydrogen-bond acceptors (Lipinski definition) is 7. The van der Waals surface area contributed by atoms with Crippen LogP contribution in [-0.2, 0) is 6.42 Å². The van der Waals surface area contributed by atoms with Gasteiger partial charge in [0.1, 0.15) is 4.92 Å². The van der Waals surface area contributed by atoms with E-state index in [0.29, 0.717) is 12.3 Å². The molecule has 2 rings (SSSR count). The van der Waals surface area contributed by atoms with Crippen LogP contribution in [0.3, 0.4) is 0 Å². The van der Waals surface area contributed by atoms with Gasteiger partial charge in [0.2, 0.25) is 5.89 Å². The SMILES string of the molecule is CNCCCc1nnc(-c2ccc([N+](=O)[O-])o2)o1. The molecule has 2 aromatic heterocycles. The van der Waals surface area contributed by atoms with Gasteiger partial charge in [0, 0.05) is 6.42 Å². The summed E-state index contributed by atoms with van der Waals surface area (Å²) in [6.07, 6.45) is 1.52. The van der Waals surface area contributed by atoms with Crippen LogP contribution in [0.2, 0.25) is 0 Å². The van der Waals surface area contributed by atoms with Gasteiger partial charge in [-0.1, -0.05) is 0 Å². The van der Waals surface area contributed by atoms with Crippen molar-refractivity contribution >= 4 is 5.88 Å². The standard InChI is InChI=1S/C10H12N4O4/c1-11-6-2-3-8-12-13-10(18-8)7-4-5-9(17-7)14(15)16/h4-5,11H,2-3,6H2,1H3. The lowest BCUT2D eigenvalue weighted by Crippen LogP contribution is -2.08. The van der Waals surface area contributed by atoms with Crippen LogP contribution in [0.15, 0.2) is 21.0 Å². The second kappa shape index (κ2) is 5.41. The summed E-state index contributed by atoms with van der Waals surface area (Å²) in [7, 11) is 1.86. The highest BCUT2D eigenvalue weighted by molar-refractivity contribution is 5.45. The Morgan fingerprint density at radius 2 is 2.22 bits per heavy atom. The Kier molecular flexibility index (Phi) is 3.68. The summed E-state index contributed by atoms with van der Waals surface area (Å²) >= 11 is 0. The average Bonchev–Trinajstić information content (AvgIpc) is 2.97. The molecule has 0 unspecified atom stereocenters. The molecule has 0 atom stereocenters. The Morgan fingerprint density at radius 1 is 1.39 bits per heavy atom. The number of furan rings is 1. The van der Waals surface area contributed by atoms with Crippen molar-refractivity contribution in [2.45, 2.75) is 12.8 Å². The highest BCUT2D eigenvalue weighted by atomic mass is 16.6. The zero-order chi connectivity index (χ0) is 13.0. The van der Waals surface area contributed by atoms with Crippen molar-refractivity contribution in [3.05, 3.63) is 28.1 Å². The molecular weight excluding hydrogens is 240 g/mol. The first-order valence-corrected chi connectivity index (χ1v) is 5.42. The van der Waals surface area contributed by atoms with Crippen molar-refractivity contribution in [2.75, 3.05) is 13.6 Å². The maximum absolute atomic E-state index is 10.5. The Morgan fingerprint density at radius 3 is 2.89 bits per heavy atom. The molecule has 8 nitrogen and oxygen atoms in total. The molecule has 2 heterocycles. The van der Waals surface area contributed by atoms with Crippen molar-refractivity contribution in [3.8, 4) is 11.7 Å². The number of nitrogens with one attached hydrogen (secondary N) is 1. The second-order valence-electron chi connectivity index (χ2n) is 3.60. The van der Waals surface area contributed by atoms with Crippen molar-refractivity contribution in [1.29, 1.82) is 0 Å². The lowest BCUT2D eigenvalue weighted by atomic mass is 10.3. The minimum Gasteiger partial charge on any atom is -0.418 e.